The average Bonchev–Trinajstić information content (AvgIpc) is 3.40. The molecule has 4 rings (SSSR count). The summed E-state index contributed by atoms with van der Waals surface area (Å²) in [6.07, 6.45) is 0.157. The number of hydrogen-bond donors (Lipinski definition) is 1. The molecule has 0 radical (unpaired) electrons. The first-order chi connectivity index (χ1) is 16.5. The minimum absolute atomic E-state index is 0.0116. The normalized spacial score (nSPS) is 16.4. The Kier molecular flexibility index (Phi) is 7.72. The van der Waals surface area contributed by atoms with Crippen LogP contribution < -0.4 is 14.2 Å². The van der Waals surface area contributed by atoms with E-state index < -0.39 is 12.1 Å². The first-order valence-corrected chi connectivity index (χ1v) is 11.9. The SMILES string of the molecule is COC(=O)c1ccc(OC[C@@H](O)CN2CCc3cc(OC)c(OC)cc3[C@H]2c2cccs2)cc1. The molecule has 34 heavy (non-hydrogen) atoms. The fraction of sp³-hybridized carbons (Fsp3) is 0.346. The van der Waals surface area contributed by atoms with E-state index in [0.717, 1.165) is 24.3 Å². The standard InChI is InChI=1S/C26H29NO6S/c1-30-22-13-18-10-11-27(25(24-5-4-12-34-24)21(18)14-23(22)31-2)15-19(28)16-33-20-8-6-17(7-9-20)26(29)32-3/h4-9,12-14,19,25,28H,10-11,15-16H2,1-3H3/t19-,25-/m0/s1. The molecule has 8 heteroatoms. The lowest BCUT2D eigenvalue weighted by atomic mass is 9.90. The molecule has 3 aromatic rings. The van der Waals surface area contributed by atoms with Crippen molar-refractivity contribution >= 4 is 17.3 Å². The van der Waals surface area contributed by atoms with Crippen LogP contribution in [-0.4, -0.2) is 63.1 Å². The Morgan fingerprint density at radius 1 is 1.12 bits per heavy atom. The van der Waals surface area contributed by atoms with Crippen molar-refractivity contribution in [3.05, 3.63) is 75.5 Å². The van der Waals surface area contributed by atoms with Crippen molar-refractivity contribution in [2.45, 2.75) is 18.6 Å². The molecular formula is C26H29NO6S. The number of fused-ring (bicyclic) bond motifs is 1. The molecule has 1 aliphatic heterocycles. The van der Waals surface area contributed by atoms with Gasteiger partial charge in [-0.1, -0.05) is 6.07 Å². The molecule has 2 atom stereocenters. The highest BCUT2D eigenvalue weighted by atomic mass is 32.1. The van der Waals surface area contributed by atoms with E-state index in [1.54, 1.807) is 49.8 Å². The minimum Gasteiger partial charge on any atom is -0.493 e. The smallest absolute Gasteiger partial charge is 0.337 e. The number of thiophene rings is 1. The number of ether oxygens (including phenoxy) is 4. The number of hydrogen-bond acceptors (Lipinski definition) is 8. The van der Waals surface area contributed by atoms with Crippen molar-refractivity contribution in [2.75, 3.05) is 41.0 Å². The third-order valence-electron chi connectivity index (χ3n) is 5.95. The fourth-order valence-electron chi connectivity index (χ4n) is 4.30. The zero-order valence-electron chi connectivity index (χ0n) is 19.5. The Morgan fingerprint density at radius 2 is 1.85 bits per heavy atom. The number of benzene rings is 2. The second-order valence-electron chi connectivity index (χ2n) is 8.05. The quantitative estimate of drug-likeness (QED) is 0.462. The van der Waals surface area contributed by atoms with E-state index in [-0.39, 0.29) is 12.6 Å². The van der Waals surface area contributed by atoms with Gasteiger partial charge in [-0.15, -0.1) is 11.3 Å². The Bertz CT molecular complexity index is 1100. The molecule has 0 saturated carbocycles. The predicted molar refractivity (Wildman–Crippen MR) is 130 cm³/mol. The Hall–Kier alpha value is -3.07. The van der Waals surface area contributed by atoms with Crippen molar-refractivity contribution < 1.29 is 28.8 Å². The summed E-state index contributed by atoms with van der Waals surface area (Å²) in [5, 5.41) is 12.9. The van der Waals surface area contributed by atoms with Gasteiger partial charge in [0.05, 0.1) is 32.9 Å². The van der Waals surface area contributed by atoms with Gasteiger partial charge in [-0.3, -0.25) is 4.90 Å². The lowest BCUT2D eigenvalue weighted by Gasteiger charge is -2.38. The van der Waals surface area contributed by atoms with E-state index >= 15 is 0 Å². The molecule has 0 amide bonds. The van der Waals surface area contributed by atoms with E-state index in [1.165, 1.54) is 17.6 Å². The fourth-order valence-corrected chi connectivity index (χ4v) is 5.17. The van der Waals surface area contributed by atoms with Crippen LogP contribution in [0.25, 0.3) is 0 Å². The summed E-state index contributed by atoms with van der Waals surface area (Å²) < 4.78 is 21.6. The Morgan fingerprint density at radius 3 is 2.50 bits per heavy atom. The summed E-state index contributed by atoms with van der Waals surface area (Å²) in [6.45, 7) is 1.40. The van der Waals surface area contributed by atoms with Gasteiger partial charge >= 0.3 is 5.97 Å². The van der Waals surface area contributed by atoms with Crippen LogP contribution in [0.1, 0.15) is 32.4 Å². The summed E-state index contributed by atoms with van der Waals surface area (Å²) in [5.74, 6) is 1.61. The molecule has 0 spiro atoms. The lowest BCUT2D eigenvalue weighted by Crippen LogP contribution is -2.42. The predicted octanol–water partition coefficient (Wildman–Crippen LogP) is 3.94. The molecule has 0 unspecified atom stereocenters. The molecule has 0 aliphatic carbocycles. The van der Waals surface area contributed by atoms with Gasteiger partial charge in [0.2, 0.25) is 0 Å². The first-order valence-electron chi connectivity index (χ1n) is 11.1. The monoisotopic (exact) mass is 483 g/mol. The van der Waals surface area contributed by atoms with Gasteiger partial charge in [-0.05, 0) is 65.4 Å². The summed E-state index contributed by atoms with van der Waals surface area (Å²) in [5.41, 5.74) is 2.84. The Labute approximate surface area is 203 Å². The van der Waals surface area contributed by atoms with Crippen molar-refractivity contribution in [1.82, 2.24) is 4.90 Å². The molecule has 180 valence electrons. The molecule has 0 bridgehead atoms. The van der Waals surface area contributed by atoms with E-state index in [1.807, 2.05) is 6.07 Å². The summed E-state index contributed by atoms with van der Waals surface area (Å²) in [7, 11) is 4.64. The minimum atomic E-state index is -0.690. The highest BCUT2D eigenvalue weighted by Gasteiger charge is 2.32. The van der Waals surface area contributed by atoms with Crippen LogP contribution >= 0.6 is 11.3 Å². The van der Waals surface area contributed by atoms with E-state index in [2.05, 4.69) is 28.5 Å². The van der Waals surface area contributed by atoms with Gasteiger partial charge in [0, 0.05) is 18.0 Å². The summed E-state index contributed by atoms with van der Waals surface area (Å²) in [6, 6.07) is 15.0. The largest absolute Gasteiger partial charge is 0.493 e. The number of aliphatic hydroxyl groups excluding tert-OH is 1. The molecule has 1 aliphatic rings. The number of nitrogens with zero attached hydrogens (tertiary/aromatic N) is 1. The van der Waals surface area contributed by atoms with Crippen LogP contribution in [0.5, 0.6) is 17.2 Å². The van der Waals surface area contributed by atoms with Crippen molar-refractivity contribution in [3.8, 4) is 17.2 Å². The number of β-amino-alcohol motifs (C(OH)–C–C–N with tert-alkyl or cyclic N) is 1. The maximum atomic E-state index is 11.6. The van der Waals surface area contributed by atoms with Crippen LogP contribution in [0.15, 0.2) is 53.9 Å². The van der Waals surface area contributed by atoms with Crippen molar-refractivity contribution in [1.29, 1.82) is 0 Å². The molecular weight excluding hydrogens is 454 g/mol. The molecule has 1 aromatic heterocycles. The summed E-state index contributed by atoms with van der Waals surface area (Å²) >= 11 is 1.70. The van der Waals surface area contributed by atoms with E-state index in [4.69, 9.17) is 18.9 Å². The summed E-state index contributed by atoms with van der Waals surface area (Å²) in [4.78, 5) is 15.1. The zero-order chi connectivity index (χ0) is 24.1. The van der Waals surface area contributed by atoms with Crippen LogP contribution in [-0.2, 0) is 11.2 Å². The van der Waals surface area contributed by atoms with E-state index in [0.29, 0.717) is 23.6 Å². The molecule has 1 N–H and O–H groups in total. The number of aliphatic hydroxyl groups is 1. The van der Waals surface area contributed by atoms with Gasteiger partial charge < -0.3 is 24.1 Å². The number of esters is 1. The second-order valence-corrected chi connectivity index (χ2v) is 9.03. The maximum absolute atomic E-state index is 11.6. The number of carbonyl (C=O) groups excluding carboxylic acids is 1. The number of methoxy groups -OCH3 is 3. The van der Waals surface area contributed by atoms with Gasteiger partial charge in [-0.2, -0.15) is 0 Å². The lowest BCUT2D eigenvalue weighted by molar-refractivity contribution is 0.0556. The van der Waals surface area contributed by atoms with Gasteiger partial charge in [0.15, 0.2) is 11.5 Å². The molecule has 0 saturated heterocycles. The van der Waals surface area contributed by atoms with Crippen LogP contribution in [0.2, 0.25) is 0 Å². The highest BCUT2D eigenvalue weighted by molar-refractivity contribution is 7.10. The van der Waals surface area contributed by atoms with E-state index in [9.17, 15) is 9.90 Å². The Balaban J connectivity index is 1.48. The van der Waals surface area contributed by atoms with Crippen molar-refractivity contribution in [3.63, 3.8) is 0 Å². The number of rotatable bonds is 9. The average molecular weight is 484 g/mol. The first kappa shape index (κ1) is 24.1. The molecule has 2 heterocycles. The van der Waals surface area contributed by atoms with Gasteiger partial charge in [0.1, 0.15) is 18.5 Å². The van der Waals surface area contributed by atoms with Crippen molar-refractivity contribution in [2.24, 2.45) is 0 Å². The third-order valence-corrected chi connectivity index (χ3v) is 6.87. The van der Waals surface area contributed by atoms with Gasteiger partial charge in [-0.25, -0.2) is 4.79 Å². The molecule has 0 fully saturated rings. The topological polar surface area (TPSA) is 77.5 Å². The van der Waals surface area contributed by atoms with Crippen LogP contribution in [0.3, 0.4) is 0 Å². The van der Waals surface area contributed by atoms with Crippen LogP contribution in [0.4, 0.5) is 0 Å². The zero-order valence-corrected chi connectivity index (χ0v) is 20.3. The third kappa shape index (κ3) is 5.19. The highest BCUT2D eigenvalue weighted by Crippen LogP contribution is 2.42. The van der Waals surface area contributed by atoms with Crippen LogP contribution in [0, 0.1) is 0 Å². The van der Waals surface area contributed by atoms with Gasteiger partial charge in [0.25, 0.3) is 0 Å². The maximum Gasteiger partial charge on any atom is 0.337 e. The second kappa shape index (κ2) is 10.9. The molecule has 2 aromatic carbocycles. The number of carbonyl (C=O) groups is 1. The molecule has 7 nitrogen and oxygen atoms in total.